The van der Waals surface area contributed by atoms with Crippen LogP contribution in [0.15, 0.2) is 35.2 Å². The molecule has 80 valence electrons. The fourth-order valence-corrected chi connectivity index (χ4v) is 2.56. The summed E-state index contributed by atoms with van der Waals surface area (Å²) >= 11 is 0. The Morgan fingerprint density at radius 2 is 2.13 bits per heavy atom. The highest BCUT2D eigenvalue weighted by molar-refractivity contribution is 5.46. The van der Waals surface area contributed by atoms with E-state index >= 15 is 0 Å². The van der Waals surface area contributed by atoms with Gasteiger partial charge in [0.1, 0.15) is 6.79 Å². The number of nitrogens with two attached hydrogens (primary N) is 2. The summed E-state index contributed by atoms with van der Waals surface area (Å²) in [5.41, 5.74) is 14.4. The summed E-state index contributed by atoms with van der Waals surface area (Å²) in [6.07, 6.45) is 6.95. The van der Waals surface area contributed by atoms with E-state index in [1.807, 2.05) is 18.2 Å². The molecule has 0 amide bonds. The van der Waals surface area contributed by atoms with Crippen LogP contribution in [-0.4, -0.2) is 19.0 Å². The first-order valence-electron chi connectivity index (χ1n) is 5.14. The van der Waals surface area contributed by atoms with Crippen LogP contribution < -0.4 is 11.5 Å². The van der Waals surface area contributed by atoms with Gasteiger partial charge in [0, 0.05) is 22.9 Å². The minimum absolute atomic E-state index is 0.0679. The molecule has 3 aliphatic rings. The molecule has 1 heterocycles. The largest absolute Gasteiger partial charge is 0.399 e. The van der Waals surface area contributed by atoms with Crippen LogP contribution >= 0.6 is 0 Å². The summed E-state index contributed by atoms with van der Waals surface area (Å²) < 4.78 is 11.1. The van der Waals surface area contributed by atoms with Gasteiger partial charge >= 0.3 is 0 Å². The molecule has 2 aliphatic carbocycles. The average molecular weight is 206 g/mol. The number of ether oxygens (including phenoxy) is 2. The number of allylic oxidation sites excluding steroid dienone is 2. The molecule has 0 radical (unpaired) electrons. The van der Waals surface area contributed by atoms with Crippen LogP contribution in [0.1, 0.15) is 6.42 Å². The monoisotopic (exact) mass is 206 g/mol. The quantitative estimate of drug-likeness (QED) is 0.601. The van der Waals surface area contributed by atoms with E-state index < -0.39 is 0 Å². The van der Waals surface area contributed by atoms with E-state index in [9.17, 15) is 0 Å². The minimum atomic E-state index is 0.0679. The van der Waals surface area contributed by atoms with Gasteiger partial charge in [-0.3, -0.25) is 0 Å². The molecule has 0 spiro atoms. The Labute approximate surface area is 88.2 Å². The van der Waals surface area contributed by atoms with Crippen molar-refractivity contribution in [1.29, 1.82) is 0 Å². The maximum atomic E-state index is 5.96. The highest BCUT2D eigenvalue weighted by Crippen LogP contribution is 2.39. The third kappa shape index (κ3) is 1.22. The van der Waals surface area contributed by atoms with Crippen LogP contribution in [0.25, 0.3) is 0 Å². The van der Waals surface area contributed by atoms with Crippen LogP contribution in [0.5, 0.6) is 0 Å². The molecule has 0 aromatic heterocycles. The molecule has 0 aromatic rings. The van der Waals surface area contributed by atoms with Crippen molar-refractivity contribution in [2.75, 3.05) is 6.79 Å². The third-order valence-corrected chi connectivity index (χ3v) is 3.29. The van der Waals surface area contributed by atoms with Gasteiger partial charge in [-0.1, -0.05) is 12.2 Å². The zero-order chi connectivity index (χ0) is 10.4. The highest BCUT2D eigenvalue weighted by Gasteiger charge is 2.41. The molecule has 1 fully saturated rings. The molecule has 0 aromatic carbocycles. The van der Waals surface area contributed by atoms with Crippen molar-refractivity contribution in [2.45, 2.75) is 18.6 Å². The highest BCUT2D eigenvalue weighted by atomic mass is 16.7. The van der Waals surface area contributed by atoms with Gasteiger partial charge in [-0.05, 0) is 12.5 Å². The SMILES string of the molecule is NC1=CCC2OCOC3C=CC(N)=C1C32. The molecule has 0 bridgehead atoms. The van der Waals surface area contributed by atoms with Gasteiger partial charge in [0.15, 0.2) is 0 Å². The van der Waals surface area contributed by atoms with E-state index in [1.165, 1.54) is 0 Å². The van der Waals surface area contributed by atoms with Crippen LogP contribution in [-0.2, 0) is 9.47 Å². The maximum absolute atomic E-state index is 5.96. The van der Waals surface area contributed by atoms with E-state index in [-0.39, 0.29) is 18.1 Å². The lowest BCUT2D eigenvalue weighted by Gasteiger charge is -2.42. The van der Waals surface area contributed by atoms with Crippen molar-refractivity contribution in [3.8, 4) is 0 Å². The number of hydrogen-bond donors (Lipinski definition) is 2. The van der Waals surface area contributed by atoms with Crippen molar-refractivity contribution in [1.82, 2.24) is 0 Å². The normalized spacial score (nSPS) is 38.7. The van der Waals surface area contributed by atoms with Gasteiger partial charge in [-0.2, -0.15) is 0 Å². The summed E-state index contributed by atoms with van der Waals surface area (Å²) in [6, 6.07) is 0. The Morgan fingerprint density at radius 1 is 1.27 bits per heavy atom. The second kappa shape index (κ2) is 3.12. The first kappa shape index (κ1) is 9.00. The number of hydrogen-bond acceptors (Lipinski definition) is 4. The molecule has 3 rings (SSSR count). The topological polar surface area (TPSA) is 70.5 Å². The van der Waals surface area contributed by atoms with E-state index in [0.717, 1.165) is 23.4 Å². The minimum Gasteiger partial charge on any atom is -0.399 e. The van der Waals surface area contributed by atoms with E-state index in [1.54, 1.807) is 0 Å². The molecule has 4 heteroatoms. The van der Waals surface area contributed by atoms with Gasteiger partial charge in [0.2, 0.25) is 0 Å². The third-order valence-electron chi connectivity index (χ3n) is 3.29. The average Bonchev–Trinajstić information content (AvgIpc) is 2.25. The summed E-state index contributed by atoms with van der Waals surface area (Å²) in [4.78, 5) is 0. The molecule has 3 atom stereocenters. The van der Waals surface area contributed by atoms with E-state index in [0.29, 0.717) is 6.79 Å². The summed E-state index contributed by atoms with van der Waals surface area (Å²) in [5.74, 6) is 0.175. The molecular weight excluding hydrogens is 192 g/mol. The van der Waals surface area contributed by atoms with Crippen LogP contribution in [0.4, 0.5) is 0 Å². The lowest BCUT2D eigenvalue weighted by Crippen LogP contribution is -2.46. The fraction of sp³-hybridized carbons (Fsp3) is 0.455. The summed E-state index contributed by atoms with van der Waals surface area (Å²) in [7, 11) is 0. The van der Waals surface area contributed by atoms with Crippen LogP contribution in [0.3, 0.4) is 0 Å². The molecule has 0 saturated carbocycles. The van der Waals surface area contributed by atoms with E-state index in [4.69, 9.17) is 20.9 Å². The van der Waals surface area contributed by atoms with Gasteiger partial charge in [0.25, 0.3) is 0 Å². The zero-order valence-electron chi connectivity index (χ0n) is 8.35. The standard InChI is InChI=1S/C11H14N2O2/c12-6-1-3-8-11-9(15-5-14-8)4-2-7(13)10(6)11/h1-3,8-9,11H,4-5,12-13H2. The second-order valence-electron chi connectivity index (χ2n) is 4.10. The van der Waals surface area contributed by atoms with Crippen LogP contribution in [0, 0.1) is 5.92 Å². The first-order valence-corrected chi connectivity index (χ1v) is 5.14. The van der Waals surface area contributed by atoms with Crippen molar-refractivity contribution < 1.29 is 9.47 Å². The predicted octanol–water partition coefficient (Wildman–Crippen LogP) is 0.373. The van der Waals surface area contributed by atoms with Crippen LogP contribution in [0.2, 0.25) is 0 Å². The smallest absolute Gasteiger partial charge is 0.147 e. The van der Waals surface area contributed by atoms with Crippen molar-refractivity contribution in [2.24, 2.45) is 17.4 Å². The lowest BCUT2D eigenvalue weighted by molar-refractivity contribution is -0.186. The molecule has 1 saturated heterocycles. The molecule has 4 N–H and O–H groups in total. The van der Waals surface area contributed by atoms with Gasteiger partial charge in [0.05, 0.1) is 12.2 Å². The summed E-state index contributed by atoms with van der Waals surface area (Å²) in [6.45, 7) is 0.358. The lowest BCUT2D eigenvalue weighted by atomic mass is 9.76. The Morgan fingerprint density at radius 3 is 3.00 bits per heavy atom. The zero-order valence-corrected chi connectivity index (χ0v) is 8.35. The molecule has 3 unspecified atom stereocenters. The summed E-state index contributed by atoms with van der Waals surface area (Å²) in [5, 5.41) is 0. The Kier molecular flexibility index (Phi) is 1.87. The second-order valence-corrected chi connectivity index (χ2v) is 4.10. The van der Waals surface area contributed by atoms with Gasteiger partial charge in [-0.15, -0.1) is 0 Å². The van der Waals surface area contributed by atoms with Gasteiger partial charge in [-0.25, -0.2) is 0 Å². The van der Waals surface area contributed by atoms with Crippen molar-refractivity contribution in [3.05, 3.63) is 35.2 Å². The Hall–Kier alpha value is -1.26. The van der Waals surface area contributed by atoms with Crippen molar-refractivity contribution >= 4 is 0 Å². The fourth-order valence-electron chi connectivity index (χ4n) is 2.56. The first-order chi connectivity index (χ1) is 7.27. The van der Waals surface area contributed by atoms with Crippen molar-refractivity contribution in [3.63, 3.8) is 0 Å². The molecule has 15 heavy (non-hydrogen) atoms. The Bertz CT molecular complexity index is 384. The Balaban J connectivity index is 2.10. The molecule has 4 nitrogen and oxygen atoms in total. The molecular formula is C11H14N2O2. The van der Waals surface area contributed by atoms with E-state index in [2.05, 4.69) is 0 Å². The number of rotatable bonds is 0. The van der Waals surface area contributed by atoms with Gasteiger partial charge < -0.3 is 20.9 Å². The molecule has 1 aliphatic heterocycles. The predicted molar refractivity (Wildman–Crippen MR) is 55.3 cm³/mol. The maximum Gasteiger partial charge on any atom is 0.147 e.